The SMILES string of the molecule is O=C(Nc1cccnc1Cl)c1ccc2cc[nH]c2c1. The Bertz CT molecular complexity index is 751. The van der Waals surface area contributed by atoms with Gasteiger partial charge in [-0.25, -0.2) is 4.98 Å². The lowest BCUT2D eigenvalue weighted by atomic mass is 10.1. The van der Waals surface area contributed by atoms with E-state index in [-0.39, 0.29) is 11.1 Å². The second kappa shape index (κ2) is 4.74. The highest BCUT2D eigenvalue weighted by Crippen LogP contribution is 2.19. The predicted octanol–water partition coefficient (Wildman–Crippen LogP) is 3.47. The molecule has 0 spiro atoms. The molecular formula is C14H10ClN3O. The number of benzene rings is 1. The van der Waals surface area contributed by atoms with Crippen LogP contribution in [0.15, 0.2) is 48.8 Å². The van der Waals surface area contributed by atoms with E-state index >= 15 is 0 Å². The fourth-order valence-electron chi connectivity index (χ4n) is 1.86. The molecule has 4 nitrogen and oxygen atoms in total. The first kappa shape index (κ1) is 11.7. The van der Waals surface area contributed by atoms with Gasteiger partial charge in [-0.3, -0.25) is 4.79 Å². The van der Waals surface area contributed by atoms with Crippen molar-refractivity contribution in [2.75, 3.05) is 5.32 Å². The summed E-state index contributed by atoms with van der Waals surface area (Å²) in [5.74, 6) is -0.216. The second-order valence-electron chi connectivity index (χ2n) is 4.08. The highest BCUT2D eigenvalue weighted by Gasteiger charge is 2.09. The molecule has 1 aromatic carbocycles. The van der Waals surface area contributed by atoms with Crippen molar-refractivity contribution in [1.82, 2.24) is 9.97 Å². The van der Waals surface area contributed by atoms with E-state index in [2.05, 4.69) is 15.3 Å². The predicted molar refractivity (Wildman–Crippen MR) is 75.5 cm³/mol. The van der Waals surface area contributed by atoms with Crippen molar-refractivity contribution in [1.29, 1.82) is 0 Å². The van der Waals surface area contributed by atoms with Crippen LogP contribution in [0, 0.1) is 0 Å². The molecule has 0 saturated carbocycles. The molecular weight excluding hydrogens is 262 g/mol. The molecule has 0 aliphatic carbocycles. The van der Waals surface area contributed by atoms with E-state index in [1.807, 2.05) is 18.3 Å². The van der Waals surface area contributed by atoms with Gasteiger partial charge in [0.05, 0.1) is 5.69 Å². The van der Waals surface area contributed by atoms with E-state index in [9.17, 15) is 4.79 Å². The number of hydrogen-bond acceptors (Lipinski definition) is 2. The molecule has 0 fully saturated rings. The molecule has 2 aromatic heterocycles. The first-order valence-electron chi connectivity index (χ1n) is 5.73. The van der Waals surface area contributed by atoms with Gasteiger partial charge in [-0.05, 0) is 35.7 Å². The first-order valence-corrected chi connectivity index (χ1v) is 6.11. The van der Waals surface area contributed by atoms with E-state index in [0.29, 0.717) is 11.3 Å². The molecule has 1 amide bonds. The number of nitrogens with zero attached hydrogens (tertiary/aromatic N) is 1. The number of aromatic nitrogens is 2. The van der Waals surface area contributed by atoms with Crippen molar-refractivity contribution < 1.29 is 4.79 Å². The monoisotopic (exact) mass is 271 g/mol. The van der Waals surface area contributed by atoms with Gasteiger partial charge in [-0.1, -0.05) is 17.7 Å². The molecule has 0 aliphatic heterocycles. The Balaban J connectivity index is 1.89. The normalized spacial score (nSPS) is 10.6. The van der Waals surface area contributed by atoms with Crippen LogP contribution in [0.1, 0.15) is 10.4 Å². The third-order valence-electron chi connectivity index (χ3n) is 2.82. The molecule has 0 radical (unpaired) electrons. The van der Waals surface area contributed by atoms with Crippen LogP contribution in [0.25, 0.3) is 10.9 Å². The molecule has 0 unspecified atom stereocenters. The summed E-state index contributed by atoms with van der Waals surface area (Å²) in [6, 6.07) is 10.8. The van der Waals surface area contributed by atoms with Crippen molar-refractivity contribution >= 4 is 34.1 Å². The van der Waals surface area contributed by atoms with Gasteiger partial charge >= 0.3 is 0 Å². The number of carbonyl (C=O) groups excluding carboxylic acids is 1. The zero-order valence-corrected chi connectivity index (χ0v) is 10.6. The summed E-state index contributed by atoms with van der Waals surface area (Å²) in [5, 5.41) is 4.08. The average molecular weight is 272 g/mol. The maximum absolute atomic E-state index is 12.1. The van der Waals surface area contributed by atoms with Gasteiger partial charge in [-0.15, -0.1) is 0 Å². The van der Waals surface area contributed by atoms with Gasteiger partial charge in [0.1, 0.15) is 0 Å². The van der Waals surface area contributed by atoms with E-state index in [0.717, 1.165) is 10.9 Å². The number of anilines is 1. The van der Waals surface area contributed by atoms with Crippen LogP contribution < -0.4 is 5.32 Å². The van der Waals surface area contributed by atoms with Crippen molar-refractivity contribution in [2.24, 2.45) is 0 Å². The number of fused-ring (bicyclic) bond motifs is 1. The Morgan fingerprint density at radius 3 is 3.00 bits per heavy atom. The zero-order chi connectivity index (χ0) is 13.2. The van der Waals surface area contributed by atoms with Gasteiger partial charge in [-0.2, -0.15) is 0 Å². The summed E-state index contributed by atoms with van der Waals surface area (Å²) in [7, 11) is 0. The number of halogens is 1. The Kier molecular flexibility index (Phi) is 2.93. The largest absolute Gasteiger partial charge is 0.361 e. The number of pyridine rings is 1. The number of amides is 1. The minimum absolute atomic E-state index is 0.216. The van der Waals surface area contributed by atoms with Crippen LogP contribution in [-0.4, -0.2) is 15.9 Å². The maximum atomic E-state index is 12.1. The Hall–Kier alpha value is -2.33. The highest BCUT2D eigenvalue weighted by atomic mass is 35.5. The summed E-state index contributed by atoms with van der Waals surface area (Å²) < 4.78 is 0. The van der Waals surface area contributed by atoms with Gasteiger partial charge < -0.3 is 10.3 Å². The Morgan fingerprint density at radius 1 is 1.26 bits per heavy atom. The van der Waals surface area contributed by atoms with E-state index in [4.69, 9.17) is 11.6 Å². The zero-order valence-electron chi connectivity index (χ0n) is 9.85. The van der Waals surface area contributed by atoms with Gasteiger partial charge in [0, 0.05) is 23.5 Å². The quantitative estimate of drug-likeness (QED) is 0.701. The number of carbonyl (C=O) groups is 1. The number of rotatable bonds is 2. The molecule has 3 aromatic rings. The van der Waals surface area contributed by atoms with Crippen molar-refractivity contribution in [3.8, 4) is 0 Å². The lowest BCUT2D eigenvalue weighted by Crippen LogP contribution is -2.12. The van der Waals surface area contributed by atoms with Crippen LogP contribution >= 0.6 is 11.6 Å². The molecule has 3 rings (SSSR count). The third kappa shape index (κ3) is 2.30. The molecule has 2 heterocycles. The fourth-order valence-corrected chi connectivity index (χ4v) is 2.03. The van der Waals surface area contributed by atoms with Crippen molar-refractivity contribution in [3.63, 3.8) is 0 Å². The van der Waals surface area contributed by atoms with Crippen LogP contribution in [0.2, 0.25) is 5.15 Å². The van der Waals surface area contributed by atoms with Crippen LogP contribution in [0.5, 0.6) is 0 Å². The first-order chi connectivity index (χ1) is 9.24. The summed E-state index contributed by atoms with van der Waals surface area (Å²) in [6.45, 7) is 0. The van der Waals surface area contributed by atoms with Gasteiger partial charge in [0.15, 0.2) is 5.15 Å². The van der Waals surface area contributed by atoms with E-state index < -0.39 is 0 Å². The minimum Gasteiger partial charge on any atom is -0.361 e. The third-order valence-corrected chi connectivity index (χ3v) is 3.13. The average Bonchev–Trinajstić information content (AvgIpc) is 2.88. The van der Waals surface area contributed by atoms with Crippen LogP contribution in [-0.2, 0) is 0 Å². The number of hydrogen-bond donors (Lipinski definition) is 2. The molecule has 5 heteroatoms. The van der Waals surface area contributed by atoms with Gasteiger partial charge in [0.2, 0.25) is 0 Å². The van der Waals surface area contributed by atoms with E-state index in [1.165, 1.54) is 0 Å². The van der Waals surface area contributed by atoms with Crippen molar-refractivity contribution in [2.45, 2.75) is 0 Å². The lowest BCUT2D eigenvalue weighted by Gasteiger charge is -2.06. The van der Waals surface area contributed by atoms with Crippen LogP contribution in [0.3, 0.4) is 0 Å². The summed E-state index contributed by atoms with van der Waals surface area (Å²) in [5.41, 5.74) is 1.99. The molecule has 0 aliphatic rings. The minimum atomic E-state index is -0.216. The smallest absolute Gasteiger partial charge is 0.255 e. The summed E-state index contributed by atoms with van der Waals surface area (Å²) in [6.07, 6.45) is 3.41. The second-order valence-corrected chi connectivity index (χ2v) is 4.43. The molecule has 0 saturated heterocycles. The molecule has 2 N–H and O–H groups in total. The maximum Gasteiger partial charge on any atom is 0.255 e. The Morgan fingerprint density at radius 2 is 2.16 bits per heavy atom. The fraction of sp³-hybridized carbons (Fsp3) is 0. The summed E-state index contributed by atoms with van der Waals surface area (Å²) >= 11 is 5.90. The van der Waals surface area contributed by atoms with Gasteiger partial charge in [0.25, 0.3) is 5.91 Å². The molecule has 0 atom stereocenters. The molecule has 19 heavy (non-hydrogen) atoms. The molecule has 94 valence electrons. The standard InChI is InChI=1S/C14H10ClN3O/c15-13-11(2-1-6-17-13)18-14(19)10-4-3-9-5-7-16-12(9)8-10/h1-8,16H,(H,18,19). The lowest BCUT2D eigenvalue weighted by molar-refractivity contribution is 0.102. The summed E-state index contributed by atoms with van der Waals surface area (Å²) in [4.78, 5) is 19.1. The Labute approximate surface area is 114 Å². The number of H-pyrrole nitrogens is 1. The number of aromatic amines is 1. The van der Waals surface area contributed by atoms with E-state index in [1.54, 1.807) is 30.5 Å². The topological polar surface area (TPSA) is 57.8 Å². The van der Waals surface area contributed by atoms with Crippen LogP contribution in [0.4, 0.5) is 5.69 Å². The highest BCUT2D eigenvalue weighted by molar-refractivity contribution is 6.32. The van der Waals surface area contributed by atoms with Crippen molar-refractivity contribution in [3.05, 3.63) is 59.5 Å². The molecule has 0 bridgehead atoms. The number of nitrogens with one attached hydrogen (secondary N) is 2.